The van der Waals surface area contributed by atoms with Gasteiger partial charge in [-0.1, -0.05) is 23.2 Å². The zero-order valence-electron chi connectivity index (χ0n) is 8.67. The highest BCUT2D eigenvalue weighted by molar-refractivity contribution is 6.32. The van der Waals surface area contributed by atoms with Gasteiger partial charge in [-0.3, -0.25) is 0 Å². The molecule has 1 aliphatic carbocycles. The molecule has 0 N–H and O–H groups in total. The number of hydrogen-bond donors (Lipinski definition) is 0. The molecule has 2 heterocycles. The molecule has 1 aromatic heterocycles. The third-order valence-corrected chi connectivity index (χ3v) is 3.91. The molecule has 1 aromatic rings. The van der Waals surface area contributed by atoms with Gasteiger partial charge >= 0.3 is 0 Å². The molecule has 0 aromatic carbocycles. The predicted molar refractivity (Wildman–Crippen MR) is 59.4 cm³/mol. The first-order valence-electron chi connectivity index (χ1n) is 5.29. The third-order valence-electron chi connectivity index (χ3n) is 3.52. The first-order chi connectivity index (χ1) is 8.00. The standard InChI is InChI=1S/C11H9Cl2F2NO/c12-8-1-5(2-9(13)16-8)11(14,15)10-6-3-17-4-7(6)10/h1-2,6-7,10H,3-4H2. The summed E-state index contributed by atoms with van der Waals surface area (Å²) >= 11 is 11.3. The van der Waals surface area contributed by atoms with E-state index >= 15 is 0 Å². The van der Waals surface area contributed by atoms with Crippen molar-refractivity contribution in [3.05, 3.63) is 28.0 Å². The highest BCUT2D eigenvalue weighted by Gasteiger charge is 2.65. The van der Waals surface area contributed by atoms with E-state index in [-0.39, 0.29) is 27.7 Å². The van der Waals surface area contributed by atoms with Crippen molar-refractivity contribution in [3.63, 3.8) is 0 Å². The van der Waals surface area contributed by atoms with Gasteiger partial charge in [-0.2, -0.15) is 0 Å². The van der Waals surface area contributed by atoms with Gasteiger partial charge in [0.1, 0.15) is 10.3 Å². The van der Waals surface area contributed by atoms with E-state index in [2.05, 4.69) is 4.98 Å². The van der Waals surface area contributed by atoms with E-state index in [9.17, 15) is 8.78 Å². The molecular weight excluding hydrogens is 271 g/mol. The molecule has 0 spiro atoms. The minimum absolute atomic E-state index is 0.00534. The Kier molecular flexibility index (Phi) is 2.58. The van der Waals surface area contributed by atoms with Gasteiger partial charge < -0.3 is 4.74 Å². The summed E-state index contributed by atoms with van der Waals surface area (Å²) in [6.07, 6.45) is 0. The van der Waals surface area contributed by atoms with Gasteiger partial charge in [-0.25, -0.2) is 13.8 Å². The second-order valence-corrected chi connectivity index (χ2v) is 5.29. The van der Waals surface area contributed by atoms with Crippen molar-refractivity contribution in [3.8, 4) is 0 Å². The lowest BCUT2D eigenvalue weighted by molar-refractivity contribution is -0.0522. The molecule has 1 aliphatic heterocycles. The van der Waals surface area contributed by atoms with Crippen LogP contribution in [0.5, 0.6) is 0 Å². The van der Waals surface area contributed by atoms with Crippen molar-refractivity contribution in [1.82, 2.24) is 4.98 Å². The molecule has 2 nitrogen and oxygen atoms in total. The number of ether oxygens (including phenoxy) is 1. The molecule has 2 aliphatic rings. The second kappa shape index (κ2) is 3.77. The summed E-state index contributed by atoms with van der Waals surface area (Å²) in [4.78, 5) is 3.67. The first-order valence-corrected chi connectivity index (χ1v) is 6.05. The van der Waals surface area contributed by atoms with Crippen molar-refractivity contribution in [2.75, 3.05) is 13.2 Å². The number of pyridine rings is 1. The van der Waals surface area contributed by atoms with Crippen LogP contribution in [-0.2, 0) is 10.7 Å². The van der Waals surface area contributed by atoms with Crippen LogP contribution in [0.1, 0.15) is 5.56 Å². The van der Waals surface area contributed by atoms with E-state index in [1.807, 2.05) is 0 Å². The van der Waals surface area contributed by atoms with Gasteiger partial charge in [-0.15, -0.1) is 0 Å². The minimum Gasteiger partial charge on any atom is -0.381 e. The summed E-state index contributed by atoms with van der Waals surface area (Å²) < 4.78 is 33.6. The van der Waals surface area contributed by atoms with Crippen molar-refractivity contribution < 1.29 is 13.5 Å². The summed E-state index contributed by atoms with van der Waals surface area (Å²) in [6.45, 7) is 0.856. The fourth-order valence-corrected chi connectivity index (χ4v) is 3.09. The Hall–Kier alpha value is -0.450. The van der Waals surface area contributed by atoms with Crippen molar-refractivity contribution in [2.45, 2.75) is 5.92 Å². The monoisotopic (exact) mass is 279 g/mol. The smallest absolute Gasteiger partial charge is 0.276 e. The van der Waals surface area contributed by atoms with E-state index in [0.717, 1.165) is 0 Å². The van der Waals surface area contributed by atoms with Crippen LogP contribution in [0.4, 0.5) is 8.78 Å². The number of nitrogens with zero attached hydrogens (tertiary/aromatic N) is 1. The van der Waals surface area contributed by atoms with Crippen molar-refractivity contribution in [2.24, 2.45) is 17.8 Å². The largest absolute Gasteiger partial charge is 0.381 e. The van der Waals surface area contributed by atoms with Crippen LogP contribution in [0.3, 0.4) is 0 Å². The lowest BCUT2D eigenvalue weighted by Crippen LogP contribution is -2.21. The normalized spacial score (nSPS) is 31.4. The molecule has 2 atom stereocenters. The van der Waals surface area contributed by atoms with Crippen molar-refractivity contribution in [1.29, 1.82) is 0 Å². The second-order valence-electron chi connectivity index (χ2n) is 4.52. The Morgan fingerprint density at radius 1 is 1.18 bits per heavy atom. The molecular formula is C11H9Cl2F2NO. The Morgan fingerprint density at radius 3 is 2.24 bits per heavy atom. The number of fused-ring (bicyclic) bond motifs is 1. The average molecular weight is 280 g/mol. The lowest BCUT2D eigenvalue weighted by Gasteiger charge is -2.19. The van der Waals surface area contributed by atoms with E-state index in [0.29, 0.717) is 13.2 Å². The highest BCUT2D eigenvalue weighted by atomic mass is 35.5. The predicted octanol–water partition coefficient (Wildman–Crippen LogP) is 3.37. The fraction of sp³-hybridized carbons (Fsp3) is 0.545. The highest BCUT2D eigenvalue weighted by Crippen LogP contribution is 2.61. The summed E-state index contributed by atoms with van der Waals surface area (Å²) in [6, 6.07) is 2.37. The van der Waals surface area contributed by atoms with E-state index in [1.54, 1.807) is 0 Å². The molecule has 0 amide bonds. The quantitative estimate of drug-likeness (QED) is 0.775. The van der Waals surface area contributed by atoms with Gasteiger partial charge in [0, 0.05) is 11.5 Å². The van der Waals surface area contributed by atoms with Crippen LogP contribution in [-0.4, -0.2) is 18.2 Å². The molecule has 2 fully saturated rings. The molecule has 1 saturated heterocycles. The molecule has 17 heavy (non-hydrogen) atoms. The van der Waals surface area contributed by atoms with E-state index < -0.39 is 11.8 Å². The molecule has 2 unspecified atom stereocenters. The minimum atomic E-state index is -2.91. The van der Waals surface area contributed by atoms with Crippen LogP contribution < -0.4 is 0 Å². The van der Waals surface area contributed by atoms with Gasteiger partial charge in [0.15, 0.2) is 0 Å². The lowest BCUT2D eigenvalue weighted by atomic mass is 10.0. The van der Waals surface area contributed by atoms with Gasteiger partial charge in [-0.05, 0) is 24.0 Å². The van der Waals surface area contributed by atoms with Crippen LogP contribution in [0.15, 0.2) is 12.1 Å². The molecule has 3 rings (SSSR count). The van der Waals surface area contributed by atoms with Gasteiger partial charge in [0.2, 0.25) is 0 Å². The first kappa shape index (κ1) is 11.6. The molecule has 0 radical (unpaired) electrons. The summed E-state index contributed by atoms with van der Waals surface area (Å²) in [7, 11) is 0. The topological polar surface area (TPSA) is 22.1 Å². The molecule has 6 heteroatoms. The zero-order chi connectivity index (χ0) is 12.2. The SMILES string of the molecule is FC(F)(c1cc(Cl)nc(Cl)c1)C1C2COCC21. The maximum atomic E-state index is 14.2. The number of hydrogen-bond acceptors (Lipinski definition) is 2. The number of alkyl halides is 2. The fourth-order valence-electron chi connectivity index (χ4n) is 2.63. The van der Waals surface area contributed by atoms with Gasteiger partial charge in [0.05, 0.1) is 13.2 Å². The Bertz CT molecular complexity index is 439. The Balaban J connectivity index is 1.91. The van der Waals surface area contributed by atoms with E-state index in [1.165, 1.54) is 12.1 Å². The number of aromatic nitrogens is 1. The summed E-state index contributed by atoms with van der Waals surface area (Å²) in [5.74, 6) is -3.62. The average Bonchev–Trinajstić information content (AvgIpc) is 2.74. The summed E-state index contributed by atoms with van der Waals surface area (Å²) in [5.41, 5.74) is -0.151. The van der Waals surface area contributed by atoms with Crippen LogP contribution in [0, 0.1) is 17.8 Å². The maximum absolute atomic E-state index is 14.2. The summed E-state index contributed by atoms with van der Waals surface area (Å²) in [5, 5.41) is -0.0107. The molecule has 1 saturated carbocycles. The van der Waals surface area contributed by atoms with Gasteiger partial charge in [0.25, 0.3) is 5.92 Å². The Morgan fingerprint density at radius 2 is 1.71 bits per heavy atom. The third kappa shape index (κ3) is 1.83. The maximum Gasteiger partial charge on any atom is 0.276 e. The zero-order valence-corrected chi connectivity index (χ0v) is 10.2. The van der Waals surface area contributed by atoms with Crippen LogP contribution in [0.2, 0.25) is 10.3 Å². The molecule has 92 valence electrons. The van der Waals surface area contributed by atoms with E-state index in [4.69, 9.17) is 27.9 Å². The molecule has 0 bridgehead atoms. The van der Waals surface area contributed by atoms with Crippen LogP contribution >= 0.6 is 23.2 Å². The van der Waals surface area contributed by atoms with Crippen molar-refractivity contribution >= 4 is 23.2 Å². The van der Waals surface area contributed by atoms with Crippen LogP contribution in [0.25, 0.3) is 0 Å². The Labute approximate surface area is 107 Å². The number of rotatable bonds is 2. The number of halogens is 4.